The quantitative estimate of drug-likeness (QED) is 0.416. The van der Waals surface area contributed by atoms with Crippen molar-refractivity contribution in [2.24, 2.45) is 0 Å². The van der Waals surface area contributed by atoms with E-state index >= 15 is 0 Å². The zero-order valence-corrected chi connectivity index (χ0v) is 9.80. The van der Waals surface area contributed by atoms with Crippen molar-refractivity contribution in [1.29, 1.82) is 0 Å². The molecule has 0 rings (SSSR count). The van der Waals surface area contributed by atoms with Crippen LogP contribution in [0.3, 0.4) is 0 Å². The van der Waals surface area contributed by atoms with Crippen LogP contribution in [0.15, 0.2) is 12.2 Å². The molecule has 0 aliphatic heterocycles. The van der Waals surface area contributed by atoms with E-state index in [2.05, 4.69) is 6.92 Å². The first-order chi connectivity index (χ1) is 7.57. The van der Waals surface area contributed by atoms with Gasteiger partial charge in [-0.3, -0.25) is 0 Å². The lowest BCUT2D eigenvalue weighted by Crippen LogP contribution is -2.16. The maximum Gasteiger partial charge on any atom is 0.336 e. The first-order valence-electron chi connectivity index (χ1n) is 5.83. The molecule has 0 aromatic rings. The van der Waals surface area contributed by atoms with E-state index in [4.69, 9.17) is 10.2 Å². The molecule has 2 unspecified atom stereocenters. The Kier molecular flexibility index (Phi) is 8.85. The van der Waals surface area contributed by atoms with E-state index in [9.17, 15) is 9.90 Å². The van der Waals surface area contributed by atoms with Gasteiger partial charge in [-0.05, 0) is 18.9 Å². The second-order valence-corrected chi connectivity index (χ2v) is 3.95. The van der Waals surface area contributed by atoms with Crippen LogP contribution in [0.1, 0.15) is 45.4 Å². The topological polar surface area (TPSA) is 77.8 Å². The summed E-state index contributed by atoms with van der Waals surface area (Å²) in [6.07, 6.45) is 6.40. The number of carbonyl (C=O) groups is 1. The first kappa shape index (κ1) is 15.1. The van der Waals surface area contributed by atoms with Gasteiger partial charge in [-0.15, -0.1) is 0 Å². The number of unbranched alkanes of at least 4 members (excludes halogenated alkanes) is 3. The molecule has 4 heteroatoms. The van der Waals surface area contributed by atoms with Crippen LogP contribution in [-0.2, 0) is 4.79 Å². The summed E-state index contributed by atoms with van der Waals surface area (Å²) in [6.45, 7) is 2.13. The molecule has 0 aliphatic rings. The third kappa shape index (κ3) is 8.44. The molecule has 0 aromatic carbocycles. The smallest absolute Gasteiger partial charge is 0.336 e. The SMILES string of the molecule is CCCCCCC(O)CC=CC(O)C(=O)O. The van der Waals surface area contributed by atoms with Crippen LogP contribution < -0.4 is 0 Å². The molecule has 0 aliphatic carbocycles. The predicted octanol–water partition coefficient (Wildman–Crippen LogP) is 1.71. The van der Waals surface area contributed by atoms with Gasteiger partial charge in [0.15, 0.2) is 6.10 Å². The van der Waals surface area contributed by atoms with E-state index in [1.54, 1.807) is 0 Å². The van der Waals surface area contributed by atoms with Gasteiger partial charge < -0.3 is 15.3 Å². The number of aliphatic carboxylic acids is 1. The zero-order chi connectivity index (χ0) is 12.4. The monoisotopic (exact) mass is 230 g/mol. The maximum atomic E-state index is 10.3. The minimum atomic E-state index is -1.47. The Bertz CT molecular complexity index is 213. The lowest BCUT2D eigenvalue weighted by Gasteiger charge is -2.07. The van der Waals surface area contributed by atoms with Crippen LogP contribution in [0.2, 0.25) is 0 Å². The zero-order valence-electron chi connectivity index (χ0n) is 9.80. The third-order valence-corrected chi connectivity index (χ3v) is 2.37. The van der Waals surface area contributed by atoms with Crippen molar-refractivity contribution in [3.63, 3.8) is 0 Å². The van der Waals surface area contributed by atoms with Gasteiger partial charge in [0, 0.05) is 0 Å². The fourth-order valence-corrected chi connectivity index (χ4v) is 1.37. The Balaban J connectivity index is 3.56. The number of aliphatic hydroxyl groups is 2. The highest BCUT2D eigenvalue weighted by Crippen LogP contribution is 2.08. The molecule has 4 nitrogen and oxygen atoms in total. The Morgan fingerprint density at radius 3 is 2.50 bits per heavy atom. The molecule has 0 saturated carbocycles. The van der Waals surface area contributed by atoms with Crippen molar-refractivity contribution in [2.45, 2.75) is 57.7 Å². The second kappa shape index (κ2) is 9.36. The van der Waals surface area contributed by atoms with Crippen molar-refractivity contribution in [3.05, 3.63) is 12.2 Å². The summed E-state index contributed by atoms with van der Waals surface area (Å²) >= 11 is 0. The van der Waals surface area contributed by atoms with Crippen LogP contribution >= 0.6 is 0 Å². The minimum absolute atomic E-state index is 0.399. The van der Waals surface area contributed by atoms with Crippen LogP contribution in [-0.4, -0.2) is 33.5 Å². The van der Waals surface area contributed by atoms with Gasteiger partial charge >= 0.3 is 5.97 Å². The van der Waals surface area contributed by atoms with Crippen molar-refractivity contribution < 1.29 is 20.1 Å². The van der Waals surface area contributed by atoms with E-state index in [1.165, 1.54) is 25.0 Å². The number of hydrogen-bond donors (Lipinski definition) is 3. The van der Waals surface area contributed by atoms with Crippen molar-refractivity contribution in [3.8, 4) is 0 Å². The Labute approximate surface area is 96.6 Å². The number of carboxylic acids is 1. The molecule has 0 fully saturated rings. The summed E-state index contributed by atoms with van der Waals surface area (Å²) in [5, 5.41) is 26.8. The largest absolute Gasteiger partial charge is 0.479 e. The Morgan fingerprint density at radius 1 is 1.25 bits per heavy atom. The van der Waals surface area contributed by atoms with Gasteiger partial charge in [-0.25, -0.2) is 4.79 Å². The van der Waals surface area contributed by atoms with Crippen molar-refractivity contribution in [1.82, 2.24) is 0 Å². The van der Waals surface area contributed by atoms with Gasteiger partial charge in [0.2, 0.25) is 0 Å². The average Bonchev–Trinajstić information content (AvgIpc) is 2.24. The van der Waals surface area contributed by atoms with Crippen molar-refractivity contribution >= 4 is 5.97 Å². The molecule has 3 N–H and O–H groups in total. The molecule has 2 atom stereocenters. The van der Waals surface area contributed by atoms with Gasteiger partial charge in [-0.1, -0.05) is 38.7 Å². The standard InChI is InChI=1S/C12H22O4/c1-2-3-4-5-7-10(13)8-6-9-11(14)12(15)16/h6,9-11,13-14H,2-5,7-8H2,1H3,(H,15,16). The van der Waals surface area contributed by atoms with Crippen molar-refractivity contribution in [2.75, 3.05) is 0 Å². The molecule has 0 radical (unpaired) electrons. The number of aliphatic hydroxyl groups excluding tert-OH is 2. The highest BCUT2D eigenvalue weighted by atomic mass is 16.4. The molecule has 0 bridgehead atoms. The Hall–Kier alpha value is -0.870. The minimum Gasteiger partial charge on any atom is -0.479 e. The lowest BCUT2D eigenvalue weighted by atomic mass is 10.1. The van der Waals surface area contributed by atoms with Gasteiger partial charge in [0.1, 0.15) is 0 Å². The summed E-state index contributed by atoms with van der Waals surface area (Å²) in [5.41, 5.74) is 0. The summed E-state index contributed by atoms with van der Waals surface area (Å²) in [6, 6.07) is 0. The number of hydrogen-bond acceptors (Lipinski definition) is 3. The third-order valence-electron chi connectivity index (χ3n) is 2.37. The normalized spacial score (nSPS) is 15.2. The van der Waals surface area contributed by atoms with Crippen LogP contribution in [0, 0.1) is 0 Å². The summed E-state index contributed by atoms with van der Waals surface area (Å²) in [7, 11) is 0. The van der Waals surface area contributed by atoms with E-state index in [1.807, 2.05) is 0 Å². The highest BCUT2D eigenvalue weighted by molar-refractivity contribution is 5.74. The lowest BCUT2D eigenvalue weighted by molar-refractivity contribution is -0.144. The molecule has 94 valence electrons. The van der Waals surface area contributed by atoms with Crippen LogP contribution in [0.25, 0.3) is 0 Å². The fraction of sp³-hybridized carbons (Fsp3) is 0.750. The summed E-state index contributed by atoms with van der Waals surface area (Å²) in [4.78, 5) is 10.3. The molecule has 0 aromatic heterocycles. The fourth-order valence-electron chi connectivity index (χ4n) is 1.37. The molecule has 0 saturated heterocycles. The van der Waals surface area contributed by atoms with Gasteiger partial charge in [-0.2, -0.15) is 0 Å². The molecule has 16 heavy (non-hydrogen) atoms. The van der Waals surface area contributed by atoms with E-state index in [0.717, 1.165) is 19.3 Å². The predicted molar refractivity (Wildman–Crippen MR) is 62.2 cm³/mol. The molecular formula is C12H22O4. The molecular weight excluding hydrogens is 208 g/mol. The summed E-state index contributed by atoms with van der Waals surface area (Å²) < 4.78 is 0. The van der Waals surface area contributed by atoms with Gasteiger partial charge in [0.05, 0.1) is 6.10 Å². The summed E-state index contributed by atoms with van der Waals surface area (Å²) in [5.74, 6) is -1.27. The number of carboxylic acid groups (broad SMARTS) is 1. The Morgan fingerprint density at radius 2 is 1.94 bits per heavy atom. The van der Waals surface area contributed by atoms with E-state index in [0.29, 0.717) is 6.42 Å². The van der Waals surface area contributed by atoms with E-state index < -0.39 is 18.2 Å². The van der Waals surface area contributed by atoms with Crippen LogP contribution in [0.4, 0.5) is 0 Å². The molecule has 0 spiro atoms. The average molecular weight is 230 g/mol. The first-order valence-corrected chi connectivity index (χ1v) is 5.83. The molecule has 0 heterocycles. The number of rotatable bonds is 9. The second-order valence-electron chi connectivity index (χ2n) is 3.95. The molecule has 0 amide bonds. The van der Waals surface area contributed by atoms with E-state index in [-0.39, 0.29) is 0 Å². The highest BCUT2D eigenvalue weighted by Gasteiger charge is 2.08. The van der Waals surface area contributed by atoms with Crippen LogP contribution in [0.5, 0.6) is 0 Å². The van der Waals surface area contributed by atoms with Gasteiger partial charge in [0.25, 0.3) is 0 Å². The maximum absolute atomic E-state index is 10.3.